The number of likely N-dealkylation sites (tertiary alicyclic amines) is 1. The maximum atomic E-state index is 11.8. The Kier molecular flexibility index (Phi) is 2.11. The van der Waals surface area contributed by atoms with E-state index in [1.807, 2.05) is 0 Å². The Bertz CT molecular complexity index is 326. The van der Waals surface area contributed by atoms with Crippen molar-refractivity contribution < 1.29 is 14.7 Å². The molecule has 16 heavy (non-hydrogen) atoms. The summed E-state index contributed by atoms with van der Waals surface area (Å²) < 4.78 is 0. The van der Waals surface area contributed by atoms with Gasteiger partial charge < -0.3 is 5.11 Å². The van der Waals surface area contributed by atoms with Gasteiger partial charge in [-0.05, 0) is 19.3 Å². The van der Waals surface area contributed by atoms with Gasteiger partial charge in [0.2, 0.25) is 11.8 Å². The van der Waals surface area contributed by atoms with Crippen molar-refractivity contribution in [1.82, 2.24) is 4.90 Å². The van der Waals surface area contributed by atoms with E-state index in [4.69, 9.17) is 0 Å². The normalized spacial score (nSPS) is 36.4. The minimum absolute atomic E-state index is 0.0420. The van der Waals surface area contributed by atoms with E-state index in [-0.39, 0.29) is 30.2 Å². The summed E-state index contributed by atoms with van der Waals surface area (Å²) in [5.74, 6) is -0.178. The van der Waals surface area contributed by atoms with Gasteiger partial charge in [-0.25, -0.2) is 0 Å². The zero-order valence-corrected chi connectivity index (χ0v) is 9.32. The van der Waals surface area contributed by atoms with Crippen LogP contribution in [0.5, 0.6) is 0 Å². The Morgan fingerprint density at radius 1 is 1.12 bits per heavy atom. The number of hydrogen-bond acceptors (Lipinski definition) is 3. The number of fused-ring (bicyclic) bond motifs is 1. The summed E-state index contributed by atoms with van der Waals surface area (Å²) in [6.07, 6.45) is 5.33. The fourth-order valence-corrected chi connectivity index (χ4v) is 3.07. The van der Waals surface area contributed by atoms with Crippen LogP contribution in [-0.2, 0) is 9.59 Å². The molecule has 1 N–H and O–H groups in total. The highest BCUT2D eigenvalue weighted by molar-refractivity contribution is 6.08. The lowest BCUT2D eigenvalue weighted by Crippen LogP contribution is -2.47. The molecule has 0 bridgehead atoms. The summed E-state index contributed by atoms with van der Waals surface area (Å²) in [5, 5.41) is 10.3. The second kappa shape index (κ2) is 3.29. The quantitative estimate of drug-likeness (QED) is 0.701. The molecule has 2 amide bonds. The molecular weight excluding hydrogens is 206 g/mol. The topological polar surface area (TPSA) is 57.6 Å². The van der Waals surface area contributed by atoms with Crippen molar-refractivity contribution in [3.05, 3.63) is 0 Å². The van der Waals surface area contributed by atoms with E-state index in [1.54, 1.807) is 0 Å². The molecule has 1 aliphatic heterocycles. The number of hydrogen-bond donors (Lipinski definition) is 1. The summed E-state index contributed by atoms with van der Waals surface area (Å²) >= 11 is 0. The molecule has 0 radical (unpaired) electrons. The third-order valence-corrected chi connectivity index (χ3v) is 4.19. The molecule has 0 aromatic carbocycles. The van der Waals surface area contributed by atoms with E-state index in [1.165, 1.54) is 4.90 Å². The lowest BCUT2D eigenvalue weighted by Gasteiger charge is -2.35. The molecule has 88 valence electrons. The number of imide groups is 1. The van der Waals surface area contributed by atoms with Crippen LogP contribution in [0, 0.1) is 11.8 Å². The number of rotatable bonds is 2. The Morgan fingerprint density at radius 3 is 2.25 bits per heavy atom. The van der Waals surface area contributed by atoms with E-state index in [0.29, 0.717) is 0 Å². The predicted octanol–water partition coefficient (Wildman–Crippen LogP) is 0.686. The number of β-amino-alcohol motifs (C(OH)–C–C–N with tert-alkyl or cyclic N) is 1. The van der Waals surface area contributed by atoms with Crippen LogP contribution in [0.15, 0.2) is 0 Å². The van der Waals surface area contributed by atoms with Crippen LogP contribution in [0.2, 0.25) is 0 Å². The van der Waals surface area contributed by atoms with Gasteiger partial charge in [0, 0.05) is 0 Å². The molecule has 0 spiro atoms. The maximum Gasteiger partial charge on any atom is 0.233 e. The van der Waals surface area contributed by atoms with E-state index in [2.05, 4.69) is 0 Å². The standard InChI is InChI=1S/C12H17NO3/c14-10-8-6-9(8)11(15)13(10)7-12(16)4-2-1-3-5-12/h8-9,16H,1-7H2. The average Bonchev–Trinajstić information content (AvgIpc) is 3.00. The van der Waals surface area contributed by atoms with Gasteiger partial charge >= 0.3 is 0 Å². The molecule has 1 saturated heterocycles. The van der Waals surface area contributed by atoms with Crippen molar-refractivity contribution in [3.8, 4) is 0 Å². The van der Waals surface area contributed by atoms with Gasteiger partial charge in [-0.1, -0.05) is 19.3 Å². The Morgan fingerprint density at radius 2 is 1.69 bits per heavy atom. The van der Waals surface area contributed by atoms with Crippen molar-refractivity contribution in [1.29, 1.82) is 0 Å². The molecule has 1 heterocycles. The lowest BCUT2D eigenvalue weighted by molar-refractivity contribution is -0.146. The Hall–Kier alpha value is -0.900. The van der Waals surface area contributed by atoms with E-state index >= 15 is 0 Å². The molecule has 0 aromatic rings. The number of amides is 2. The van der Waals surface area contributed by atoms with Gasteiger partial charge in [0.1, 0.15) is 0 Å². The average molecular weight is 223 g/mol. The van der Waals surface area contributed by atoms with Gasteiger partial charge in [0.25, 0.3) is 0 Å². The van der Waals surface area contributed by atoms with E-state index in [9.17, 15) is 14.7 Å². The van der Waals surface area contributed by atoms with Gasteiger partial charge in [0.05, 0.1) is 24.0 Å². The van der Waals surface area contributed by atoms with Crippen LogP contribution >= 0.6 is 0 Å². The summed E-state index contributed by atoms with van der Waals surface area (Å²) in [5.41, 5.74) is -0.805. The number of carbonyl (C=O) groups excluding carboxylic acids is 2. The van der Waals surface area contributed by atoms with E-state index < -0.39 is 5.60 Å². The summed E-state index contributed by atoms with van der Waals surface area (Å²) in [6, 6.07) is 0. The molecule has 0 aromatic heterocycles. The molecule has 2 aliphatic carbocycles. The second-order valence-corrected chi connectivity index (χ2v) is 5.50. The number of piperidine rings is 1. The first-order chi connectivity index (χ1) is 7.61. The summed E-state index contributed by atoms with van der Waals surface area (Å²) in [6.45, 7) is 0.234. The zero-order valence-electron chi connectivity index (χ0n) is 9.32. The monoisotopic (exact) mass is 223 g/mol. The molecule has 4 nitrogen and oxygen atoms in total. The molecule has 3 fully saturated rings. The molecule has 2 saturated carbocycles. The van der Waals surface area contributed by atoms with Gasteiger partial charge in [-0.15, -0.1) is 0 Å². The first-order valence-corrected chi connectivity index (χ1v) is 6.18. The lowest BCUT2D eigenvalue weighted by atomic mass is 9.84. The highest BCUT2D eigenvalue weighted by atomic mass is 16.3. The largest absolute Gasteiger partial charge is 0.388 e. The summed E-state index contributed by atoms with van der Waals surface area (Å²) in [7, 11) is 0. The van der Waals surface area contributed by atoms with Crippen LogP contribution < -0.4 is 0 Å². The van der Waals surface area contributed by atoms with Crippen molar-refractivity contribution in [2.75, 3.05) is 6.54 Å². The molecule has 3 aliphatic rings. The van der Waals surface area contributed by atoms with Crippen LogP contribution in [0.3, 0.4) is 0 Å². The third kappa shape index (κ3) is 1.47. The van der Waals surface area contributed by atoms with E-state index in [0.717, 1.165) is 38.5 Å². The van der Waals surface area contributed by atoms with Gasteiger partial charge in [-0.2, -0.15) is 0 Å². The zero-order chi connectivity index (χ0) is 11.3. The van der Waals surface area contributed by atoms with Gasteiger partial charge in [0.15, 0.2) is 0 Å². The van der Waals surface area contributed by atoms with Crippen molar-refractivity contribution in [2.24, 2.45) is 11.8 Å². The van der Waals surface area contributed by atoms with Crippen molar-refractivity contribution in [2.45, 2.75) is 44.1 Å². The Labute approximate surface area is 94.6 Å². The fraction of sp³-hybridized carbons (Fsp3) is 0.833. The van der Waals surface area contributed by atoms with Crippen molar-refractivity contribution in [3.63, 3.8) is 0 Å². The highest BCUT2D eigenvalue weighted by Crippen LogP contribution is 2.47. The molecular formula is C12H17NO3. The number of carbonyl (C=O) groups is 2. The minimum atomic E-state index is -0.805. The predicted molar refractivity (Wildman–Crippen MR) is 56.4 cm³/mol. The third-order valence-electron chi connectivity index (χ3n) is 4.19. The van der Waals surface area contributed by atoms with Gasteiger partial charge in [-0.3, -0.25) is 14.5 Å². The van der Waals surface area contributed by atoms with Crippen LogP contribution in [0.25, 0.3) is 0 Å². The van der Waals surface area contributed by atoms with Crippen LogP contribution in [0.4, 0.5) is 0 Å². The first-order valence-electron chi connectivity index (χ1n) is 6.18. The molecule has 2 atom stereocenters. The smallest absolute Gasteiger partial charge is 0.233 e. The van der Waals surface area contributed by atoms with Crippen LogP contribution in [-0.4, -0.2) is 34.0 Å². The number of aliphatic hydroxyl groups is 1. The SMILES string of the molecule is O=C1C2CC2C(=O)N1CC1(O)CCCCC1. The fourth-order valence-electron chi connectivity index (χ4n) is 3.07. The van der Waals surface area contributed by atoms with Crippen LogP contribution in [0.1, 0.15) is 38.5 Å². The molecule has 4 heteroatoms. The minimum Gasteiger partial charge on any atom is -0.388 e. The molecule has 2 unspecified atom stereocenters. The maximum absolute atomic E-state index is 11.8. The van der Waals surface area contributed by atoms with Crippen molar-refractivity contribution >= 4 is 11.8 Å². The first kappa shape index (κ1) is 10.3. The number of nitrogens with zero attached hydrogens (tertiary/aromatic N) is 1. The second-order valence-electron chi connectivity index (χ2n) is 5.50. The Balaban J connectivity index is 1.70. The molecule has 3 rings (SSSR count). The highest BCUT2D eigenvalue weighted by Gasteiger charge is 2.59. The summed E-state index contributed by atoms with van der Waals surface area (Å²) in [4.78, 5) is 24.8.